The lowest BCUT2D eigenvalue weighted by atomic mass is 10.1. The maximum absolute atomic E-state index is 12.2. The van der Waals surface area contributed by atoms with Crippen molar-refractivity contribution < 1.29 is 14.6 Å². The molecule has 2 N–H and O–H groups in total. The Hall–Kier alpha value is -1.60. The zero-order valence-corrected chi connectivity index (χ0v) is 16.7. The van der Waals surface area contributed by atoms with Gasteiger partial charge in [-0.05, 0) is 48.5 Å². The molecule has 0 saturated heterocycles. The summed E-state index contributed by atoms with van der Waals surface area (Å²) in [4.78, 5) is 13.8. The van der Waals surface area contributed by atoms with Gasteiger partial charge in [0.05, 0.1) is 17.8 Å². The van der Waals surface area contributed by atoms with Gasteiger partial charge in [-0.1, -0.05) is 0 Å². The van der Waals surface area contributed by atoms with Crippen molar-refractivity contribution in [2.24, 2.45) is 0 Å². The van der Waals surface area contributed by atoms with Gasteiger partial charge in [0, 0.05) is 37.9 Å². The smallest absolute Gasteiger partial charge is 0.410 e. The number of rotatable bonds is 7. The standard InChI is InChI=1S/C18H34N4O3/c1-14(23)12-21(16(24)25-18(5,6)7)9-8-19-10-15-11-20-22(13-15)17(2,3)4/h11,13-14,19,23H,8-10,12H2,1-7H3. The van der Waals surface area contributed by atoms with E-state index in [2.05, 4.69) is 31.2 Å². The lowest BCUT2D eigenvalue weighted by Crippen LogP contribution is -2.43. The van der Waals surface area contributed by atoms with Gasteiger partial charge in [0.15, 0.2) is 0 Å². The van der Waals surface area contributed by atoms with E-state index in [4.69, 9.17) is 4.74 Å². The minimum absolute atomic E-state index is 0.0387. The van der Waals surface area contributed by atoms with E-state index in [1.165, 1.54) is 4.90 Å². The Labute approximate surface area is 151 Å². The van der Waals surface area contributed by atoms with Crippen LogP contribution in [0.2, 0.25) is 0 Å². The number of hydrogen-bond acceptors (Lipinski definition) is 5. The number of nitrogens with one attached hydrogen (secondary N) is 1. The number of carbonyl (C=O) groups is 1. The number of aliphatic hydroxyl groups is 1. The summed E-state index contributed by atoms with van der Waals surface area (Å²) in [5.74, 6) is 0. The molecule has 0 spiro atoms. The molecular formula is C18H34N4O3. The monoisotopic (exact) mass is 354 g/mol. The summed E-state index contributed by atoms with van der Waals surface area (Å²) in [5.41, 5.74) is 0.501. The topological polar surface area (TPSA) is 79.6 Å². The Morgan fingerprint density at radius 2 is 2.00 bits per heavy atom. The molecule has 1 rings (SSSR count). The molecule has 1 heterocycles. The molecule has 1 atom stereocenters. The highest BCUT2D eigenvalue weighted by Gasteiger charge is 2.22. The largest absolute Gasteiger partial charge is 0.444 e. The first-order valence-electron chi connectivity index (χ1n) is 8.79. The lowest BCUT2D eigenvalue weighted by molar-refractivity contribution is 0.0164. The molecule has 0 bridgehead atoms. The maximum Gasteiger partial charge on any atom is 0.410 e. The Morgan fingerprint density at radius 3 is 2.48 bits per heavy atom. The molecule has 144 valence electrons. The van der Waals surface area contributed by atoms with Crippen LogP contribution in [-0.4, -0.2) is 57.2 Å². The van der Waals surface area contributed by atoms with Gasteiger partial charge in [-0.15, -0.1) is 0 Å². The first-order chi connectivity index (χ1) is 11.4. The fourth-order valence-corrected chi connectivity index (χ4v) is 2.17. The summed E-state index contributed by atoms with van der Waals surface area (Å²) in [7, 11) is 0. The van der Waals surface area contributed by atoms with Gasteiger partial charge in [-0.2, -0.15) is 5.10 Å². The van der Waals surface area contributed by atoms with Gasteiger partial charge in [-0.25, -0.2) is 4.79 Å². The summed E-state index contributed by atoms with van der Waals surface area (Å²) in [6.07, 6.45) is 2.86. The van der Waals surface area contributed by atoms with Crippen LogP contribution in [0.15, 0.2) is 12.4 Å². The van der Waals surface area contributed by atoms with Crippen LogP contribution >= 0.6 is 0 Å². The average Bonchev–Trinajstić information content (AvgIpc) is 2.88. The van der Waals surface area contributed by atoms with Crippen LogP contribution in [0.4, 0.5) is 4.79 Å². The van der Waals surface area contributed by atoms with Gasteiger partial charge >= 0.3 is 6.09 Å². The van der Waals surface area contributed by atoms with Crippen molar-refractivity contribution in [1.82, 2.24) is 20.0 Å². The quantitative estimate of drug-likeness (QED) is 0.735. The van der Waals surface area contributed by atoms with E-state index in [1.807, 2.05) is 37.8 Å². The summed E-state index contributed by atoms with van der Waals surface area (Å²) >= 11 is 0. The molecule has 1 unspecified atom stereocenters. The van der Waals surface area contributed by atoms with E-state index in [9.17, 15) is 9.90 Å². The highest BCUT2D eigenvalue weighted by atomic mass is 16.6. The van der Waals surface area contributed by atoms with E-state index in [0.717, 1.165) is 5.56 Å². The van der Waals surface area contributed by atoms with Crippen LogP contribution < -0.4 is 5.32 Å². The van der Waals surface area contributed by atoms with E-state index in [0.29, 0.717) is 19.6 Å². The second kappa shape index (κ2) is 8.67. The Bertz CT molecular complexity index is 541. The number of amides is 1. The van der Waals surface area contributed by atoms with E-state index in [1.54, 1.807) is 6.92 Å². The second-order valence-corrected chi connectivity index (χ2v) is 8.42. The Kier molecular flexibility index (Phi) is 7.44. The molecule has 25 heavy (non-hydrogen) atoms. The van der Waals surface area contributed by atoms with Crippen LogP contribution in [0.25, 0.3) is 0 Å². The number of hydrogen-bond donors (Lipinski definition) is 2. The molecule has 1 aromatic rings. The van der Waals surface area contributed by atoms with E-state index >= 15 is 0 Å². The molecule has 0 saturated carbocycles. The Balaban J connectivity index is 2.49. The predicted molar refractivity (Wildman–Crippen MR) is 98.4 cm³/mol. The number of aliphatic hydroxyl groups excluding tert-OH is 1. The van der Waals surface area contributed by atoms with Gasteiger partial charge < -0.3 is 20.1 Å². The SMILES string of the molecule is CC(O)CN(CCNCc1cnn(C(C)(C)C)c1)C(=O)OC(C)(C)C. The molecule has 1 aromatic heterocycles. The molecule has 1 amide bonds. The summed E-state index contributed by atoms with van der Waals surface area (Å²) < 4.78 is 7.33. The molecule has 0 fully saturated rings. The van der Waals surface area contributed by atoms with Gasteiger partial charge in [0.1, 0.15) is 5.60 Å². The minimum Gasteiger partial charge on any atom is -0.444 e. The fourth-order valence-electron chi connectivity index (χ4n) is 2.17. The molecular weight excluding hydrogens is 320 g/mol. The summed E-state index contributed by atoms with van der Waals surface area (Å²) in [6.45, 7) is 15.4. The van der Waals surface area contributed by atoms with Crippen molar-refractivity contribution in [3.05, 3.63) is 18.0 Å². The number of nitrogens with zero attached hydrogens (tertiary/aromatic N) is 3. The zero-order valence-electron chi connectivity index (χ0n) is 16.7. The van der Waals surface area contributed by atoms with Crippen LogP contribution in [0.3, 0.4) is 0 Å². The normalized spacial score (nSPS) is 13.6. The molecule has 0 radical (unpaired) electrons. The summed E-state index contributed by atoms with van der Waals surface area (Å²) in [5, 5.41) is 17.3. The Morgan fingerprint density at radius 1 is 1.36 bits per heavy atom. The third-order valence-corrected chi connectivity index (χ3v) is 3.35. The van der Waals surface area contributed by atoms with Crippen molar-refractivity contribution in [2.45, 2.75) is 72.3 Å². The first-order valence-corrected chi connectivity index (χ1v) is 8.79. The van der Waals surface area contributed by atoms with Gasteiger partial charge in [0.2, 0.25) is 0 Å². The third-order valence-electron chi connectivity index (χ3n) is 3.35. The summed E-state index contributed by atoms with van der Waals surface area (Å²) in [6, 6.07) is 0. The number of carbonyl (C=O) groups excluding carboxylic acids is 1. The number of ether oxygens (including phenoxy) is 1. The van der Waals surface area contributed by atoms with Crippen molar-refractivity contribution in [3.8, 4) is 0 Å². The zero-order chi connectivity index (χ0) is 19.3. The van der Waals surface area contributed by atoms with Crippen LogP contribution in [-0.2, 0) is 16.8 Å². The van der Waals surface area contributed by atoms with Crippen molar-refractivity contribution >= 4 is 6.09 Å². The van der Waals surface area contributed by atoms with Crippen molar-refractivity contribution in [2.75, 3.05) is 19.6 Å². The highest BCUT2D eigenvalue weighted by Crippen LogP contribution is 2.13. The van der Waals surface area contributed by atoms with Crippen LogP contribution in [0.1, 0.15) is 54.0 Å². The molecule has 0 aromatic carbocycles. The first kappa shape index (κ1) is 21.4. The van der Waals surface area contributed by atoms with Crippen LogP contribution in [0, 0.1) is 0 Å². The predicted octanol–water partition coefficient (Wildman–Crippen LogP) is 2.35. The van der Waals surface area contributed by atoms with Crippen molar-refractivity contribution in [3.63, 3.8) is 0 Å². The van der Waals surface area contributed by atoms with E-state index in [-0.39, 0.29) is 12.1 Å². The van der Waals surface area contributed by atoms with Gasteiger partial charge in [0.25, 0.3) is 0 Å². The van der Waals surface area contributed by atoms with Crippen molar-refractivity contribution in [1.29, 1.82) is 0 Å². The fraction of sp³-hybridized carbons (Fsp3) is 0.778. The molecule has 0 aliphatic rings. The molecule has 0 aliphatic heterocycles. The molecule has 7 nitrogen and oxygen atoms in total. The lowest BCUT2D eigenvalue weighted by Gasteiger charge is -2.28. The molecule has 0 aliphatic carbocycles. The van der Waals surface area contributed by atoms with Gasteiger partial charge in [-0.3, -0.25) is 4.68 Å². The average molecular weight is 354 g/mol. The maximum atomic E-state index is 12.2. The minimum atomic E-state index is -0.600. The van der Waals surface area contributed by atoms with Crippen LogP contribution in [0.5, 0.6) is 0 Å². The third kappa shape index (κ3) is 8.36. The molecule has 7 heteroatoms. The second-order valence-electron chi connectivity index (χ2n) is 8.42. The van der Waals surface area contributed by atoms with E-state index < -0.39 is 17.8 Å². The highest BCUT2D eigenvalue weighted by molar-refractivity contribution is 5.68. The number of aromatic nitrogens is 2.